The molecule has 1 unspecified atom stereocenters. The van der Waals surface area contributed by atoms with Gasteiger partial charge in [-0.2, -0.15) is 0 Å². The maximum atomic E-state index is 4.34. The molecule has 96 valence electrons. The summed E-state index contributed by atoms with van der Waals surface area (Å²) in [5.41, 5.74) is 0. The average Bonchev–Trinajstić information content (AvgIpc) is 2.60. The van der Waals surface area contributed by atoms with Gasteiger partial charge in [-0.15, -0.1) is 10.2 Å². The van der Waals surface area contributed by atoms with E-state index in [-0.39, 0.29) is 0 Å². The van der Waals surface area contributed by atoms with Gasteiger partial charge in [0.05, 0.1) is 0 Å². The Balaban J connectivity index is 1.99. The van der Waals surface area contributed by atoms with Crippen molar-refractivity contribution in [3.8, 4) is 0 Å². The largest absolute Gasteiger partial charge is 0.306 e. The highest BCUT2D eigenvalue weighted by Gasteiger charge is 2.16. The van der Waals surface area contributed by atoms with Crippen LogP contribution in [0.2, 0.25) is 0 Å². The second-order valence-corrected chi connectivity index (χ2v) is 6.24. The Hall–Kier alpha value is -0.0300. The summed E-state index contributed by atoms with van der Waals surface area (Å²) in [5.74, 6) is 3.07. The Morgan fingerprint density at radius 2 is 2.24 bits per heavy atom. The summed E-state index contributed by atoms with van der Waals surface area (Å²) in [7, 11) is 0. The minimum atomic E-state index is 0.735. The zero-order valence-electron chi connectivity index (χ0n) is 10.4. The van der Waals surface area contributed by atoms with E-state index in [1.165, 1.54) is 31.5 Å². The van der Waals surface area contributed by atoms with Gasteiger partial charge in [0.1, 0.15) is 5.82 Å². The van der Waals surface area contributed by atoms with Crippen molar-refractivity contribution >= 4 is 27.7 Å². The number of aromatic nitrogens is 3. The summed E-state index contributed by atoms with van der Waals surface area (Å²) in [4.78, 5) is 0. The van der Waals surface area contributed by atoms with Gasteiger partial charge in [-0.05, 0) is 18.8 Å². The van der Waals surface area contributed by atoms with Crippen LogP contribution in [0.25, 0.3) is 0 Å². The molecule has 1 atom stereocenters. The van der Waals surface area contributed by atoms with Crippen LogP contribution in [0, 0.1) is 5.92 Å². The molecule has 2 rings (SSSR count). The normalized spacial score (nSPS) is 17.5. The number of halogens is 1. The second-order valence-electron chi connectivity index (χ2n) is 4.60. The van der Waals surface area contributed by atoms with E-state index in [4.69, 9.17) is 0 Å². The highest BCUT2D eigenvalue weighted by Crippen LogP contribution is 2.24. The van der Waals surface area contributed by atoms with Crippen LogP contribution in [0.15, 0.2) is 5.16 Å². The van der Waals surface area contributed by atoms with Gasteiger partial charge < -0.3 is 4.57 Å². The first kappa shape index (κ1) is 13.4. The molecule has 1 aromatic heterocycles. The van der Waals surface area contributed by atoms with Crippen molar-refractivity contribution in [3.05, 3.63) is 5.82 Å². The van der Waals surface area contributed by atoms with Crippen LogP contribution < -0.4 is 0 Å². The van der Waals surface area contributed by atoms with Crippen LogP contribution in [-0.2, 0) is 13.0 Å². The Morgan fingerprint density at radius 1 is 1.35 bits per heavy atom. The molecule has 0 aliphatic carbocycles. The number of thioether (sulfide) groups is 1. The Bertz CT molecular complexity index is 350. The van der Waals surface area contributed by atoms with Crippen LogP contribution in [-0.4, -0.2) is 25.8 Å². The highest BCUT2D eigenvalue weighted by molar-refractivity contribution is 9.09. The van der Waals surface area contributed by atoms with Crippen molar-refractivity contribution in [3.63, 3.8) is 0 Å². The fourth-order valence-corrected chi connectivity index (χ4v) is 4.21. The molecule has 1 aliphatic heterocycles. The minimum absolute atomic E-state index is 0.735. The van der Waals surface area contributed by atoms with Crippen molar-refractivity contribution in [1.29, 1.82) is 0 Å². The van der Waals surface area contributed by atoms with Gasteiger partial charge in [0.2, 0.25) is 0 Å². The third-order valence-corrected chi connectivity index (χ3v) is 5.43. The van der Waals surface area contributed by atoms with Crippen molar-refractivity contribution in [1.82, 2.24) is 14.8 Å². The van der Waals surface area contributed by atoms with Crippen LogP contribution >= 0.6 is 27.7 Å². The SMILES string of the molecule is CCC(CBr)CSc1nnc2n1CCCCC2. The summed E-state index contributed by atoms with van der Waals surface area (Å²) >= 11 is 5.44. The average molecular weight is 318 g/mol. The van der Waals surface area contributed by atoms with Gasteiger partial charge in [-0.25, -0.2) is 0 Å². The third kappa shape index (κ3) is 3.47. The van der Waals surface area contributed by atoms with Crippen molar-refractivity contribution < 1.29 is 0 Å². The van der Waals surface area contributed by atoms with E-state index < -0.39 is 0 Å². The molecular formula is C12H20BrN3S. The molecule has 0 saturated heterocycles. The highest BCUT2D eigenvalue weighted by atomic mass is 79.9. The fourth-order valence-electron chi connectivity index (χ4n) is 2.03. The number of rotatable bonds is 5. The third-order valence-electron chi connectivity index (χ3n) is 3.32. The minimum Gasteiger partial charge on any atom is -0.306 e. The first-order chi connectivity index (χ1) is 8.35. The van der Waals surface area contributed by atoms with Crippen molar-refractivity contribution in [2.24, 2.45) is 5.92 Å². The van der Waals surface area contributed by atoms with Gasteiger partial charge in [-0.3, -0.25) is 0 Å². The molecule has 5 heteroatoms. The molecule has 0 spiro atoms. The van der Waals surface area contributed by atoms with Crippen LogP contribution in [0.3, 0.4) is 0 Å². The molecule has 0 amide bonds. The van der Waals surface area contributed by atoms with Crippen LogP contribution in [0.1, 0.15) is 38.4 Å². The molecule has 1 aromatic rings. The smallest absolute Gasteiger partial charge is 0.191 e. The molecule has 0 saturated carbocycles. The Morgan fingerprint density at radius 3 is 3.00 bits per heavy atom. The summed E-state index contributed by atoms with van der Waals surface area (Å²) in [6, 6.07) is 0. The van der Waals surface area contributed by atoms with E-state index in [0.717, 1.165) is 35.1 Å². The lowest BCUT2D eigenvalue weighted by molar-refractivity contribution is 0.588. The lowest BCUT2D eigenvalue weighted by Crippen LogP contribution is -2.06. The predicted octanol–water partition coefficient (Wildman–Crippen LogP) is 3.52. The maximum absolute atomic E-state index is 4.34. The van der Waals surface area contributed by atoms with Gasteiger partial charge in [0, 0.05) is 24.0 Å². The quantitative estimate of drug-likeness (QED) is 0.615. The number of alkyl halides is 1. The van der Waals surface area contributed by atoms with E-state index >= 15 is 0 Å². The first-order valence-corrected chi connectivity index (χ1v) is 8.56. The molecule has 3 nitrogen and oxygen atoms in total. The summed E-state index contributed by atoms with van der Waals surface area (Å²) in [6.07, 6.45) is 6.19. The number of fused-ring (bicyclic) bond motifs is 1. The molecular weight excluding hydrogens is 298 g/mol. The van der Waals surface area contributed by atoms with E-state index in [2.05, 4.69) is 37.6 Å². The molecule has 0 radical (unpaired) electrons. The Labute approximate surface area is 116 Å². The van der Waals surface area contributed by atoms with Gasteiger partial charge in [0.15, 0.2) is 5.16 Å². The lowest BCUT2D eigenvalue weighted by atomic mass is 10.2. The first-order valence-electron chi connectivity index (χ1n) is 6.46. The van der Waals surface area contributed by atoms with Gasteiger partial charge in [-0.1, -0.05) is 47.5 Å². The molecule has 0 N–H and O–H groups in total. The molecule has 0 fully saturated rings. The maximum Gasteiger partial charge on any atom is 0.191 e. The second kappa shape index (κ2) is 6.78. The van der Waals surface area contributed by atoms with Crippen LogP contribution in [0.4, 0.5) is 0 Å². The molecule has 17 heavy (non-hydrogen) atoms. The van der Waals surface area contributed by atoms with Gasteiger partial charge in [0.25, 0.3) is 0 Å². The van der Waals surface area contributed by atoms with Crippen molar-refractivity contribution in [2.75, 3.05) is 11.1 Å². The van der Waals surface area contributed by atoms with Crippen molar-refractivity contribution in [2.45, 2.75) is 50.7 Å². The predicted molar refractivity (Wildman–Crippen MR) is 75.9 cm³/mol. The zero-order valence-corrected chi connectivity index (χ0v) is 12.8. The topological polar surface area (TPSA) is 30.7 Å². The molecule has 0 aromatic carbocycles. The molecule has 2 heterocycles. The fraction of sp³-hybridized carbons (Fsp3) is 0.833. The number of hydrogen-bond acceptors (Lipinski definition) is 3. The van der Waals surface area contributed by atoms with E-state index in [0.29, 0.717) is 0 Å². The van der Waals surface area contributed by atoms with E-state index in [1.807, 2.05) is 11.8 Å². The zero-order chi connectivity index (χ0) is 12.1. The summed E-state index contributed by atoms with van der Waals surface area (Å²) < 4.78 is 2.33. The Kier molecular flexibility index (Phi) is 5.35. The van der Waals surface area contributed by atoms with E-state index in [1.54, 1.807) is 0 Å². The van der Waals surface area contributed by atoms with E-state index in [9.17, 15) is 0 Å². The monoisotopic (exact) mass is 317 g/mol. The van der Waals surface area contributed by atoms with Gasteiger partial charge >= 0.3 is 0 Å². The molecule has 0 bridgehead atoms. The summed E-state index contributed by atoms with van der Waals surface area (Å²) in [5, 5.41) is 10.9. The lowest BCUT2D eigenvalue weighted by Gasteiger charge is -2.11. The summed E-state index contributed by atoms with van der Waals surface area (Å²) in [6.45, 7) is 3.35. The number of aryl methyl sites for hydroxylation is 1. The molecule has 1 aliphatic rings. The standard InChI is InChI=1S/C12H20BrN3S/c1-2-10(8-13)9-17-12-15-14-11-6-4-3-5-7-16(11)12/h10H,2-9H2,1H3. The number of nitrogens with zero attached hydrogens (tertiary/aromatic N) is 3. The number of hydrogen-bond donors (Lipinski definition) is 0. The van der Waals surface area contributed by atoms with Crippen LogP contribution in [0.5, 0.6) is 0 Å².